The number of aliphatic hydroxyl groups is 1. The van der Waals surface area contributed by atoms with E-state index < -0.39 is 0 Å². The van der Waals surface area contributed by atoms with Gasteiger partial charge >= 0.3 is 6.01 Å². The fraction of sp³-hybridized carbons (Fsp3) is 0.833. The van der Waals surface area contributed by atoms with Crippen molar-refractivity contribution in [1.82, 2.24) is 20.4 Å². The minimum Gasteiger partial charge on any atom is -0.406 e. The molecule has 19 heavy (non-hydrogen) atoms. The van der Waals surface area contributed by atoms with Gasteiger partial charge in [-0.15, -0.1) is 5.10 Å². The van der Waals surface area contributed by atoms with E-state index in [2.05, 4.69) is 20.4 Å². The van der Waals surface area contributed by atoms with E-state index in [1.165, 1.54) is 0 Å². The van der Waals surface area contributed by atoms with Gasteiger partial charge in [-0.05, 0) is 34.5 Å². The lowest BCUT2D eigenvalue weighted by Gasteiger charge is -2.24. The molecule has 7 heteroatoms. The van der Waals surface area contributed by atoms with E-state index in [9.17, 15) is 5.11 Å². The van der Waals surface area contributed by atoms with Gasteiger partial charge in [0.2, 0.25) is 5.89 Å². The molecule has 2 N–H and O–H groups in total. The molecule has 0 bridgehead atoms. The predicted molar refractivity (Wildman–Crippen MR) is 72.1 cm³/mol. The van der Waals surface area contributed by atoms with Crippen LogP contribution < -0.4 is 10.2 Å². The van der Waals surface area contributed by atoms with E-state index in [0.29, 0.717) is 18.5 Å². The molecule has 7 nitrogen and oxygen atoms in total. The number of aliphatic hydroxyl groups excluding tert-OH is 1. The van der Waals surface area contributed by atoms with Gasteiger partial charge in [0, 0.05) is 19.1 Å². The Bertz CT molecular complexity index is 409. The van der Waals surface area contributed by atoms with Gasteiger partial charge in [-0.2, -0.15) is 0 Å². The number of anilines is 1. The van der Waals surface area contributed by atoms with Gasteiger partial charge in [-0.3, -0.25) is 0 Å². The number of β-amino-alcohol motifs (C(OH)–C–C–N with tert-alkyl or cyclic N) is 1. The summed E-state index contributed by atoms with van der Waals surface area (Å²) in [5, 5.41) is 21.1. The van der Waals surface area contributed by atoms with Crippen LogP contribution in [0.3, 0.4) is 0 Å². The molecule has 1 aromatic rings. The molecule has 1 saturated heterocycles. The Morgan fingerprint density at radius 2 is 2.26 bits per heavy atom. The second kappa shape index (κ2) is 5.85. The van der Waals surface area contributed by atoms with Gasteiger partial charge in [0.1, 0.15) is 0 Å². The predicted octanol–water partition coefficient (Wildman–Crippen LogP) is -0.149. The lowest BCUT2D eigenvalue weighted by molar-refractivity contribution is 0.191. The Kier molecular flexibility index (Phi) is 4.38. The zero-order valence-corrected chi connectivity index (χ0v) is 12.0. The molecule has 3 atom stereocenters. The van der Waals surface area contributed by atoms with Crippen molar-refractivity contribution in [1.29, 1.82) is 0 Å². The molecule has 0 aliphatic carbocycles. The normalized spacial score (nSPS) is 25.3. The number of likely N-dealkylation sites (N-methyl/N-ethyl adjacent to an activating group) is 1. The van der Waals surface area contributed by atoms with Crippen LogP contribution >= 0.6 is 0 Å². The van der Waals surface area contributed by atoms with Gasteiger partial charge in [-0.25, -0.2) is 0 Å². The third-order valence-corrected chi connectivity index (χ3v) is 3.45. The number of hydrogen-bond acceptors (Lipinski definition) is 7. The Morgan fingerprint density at radius 3 is 2.89 bits per heavy atom. The smallest absolute Gasteiger partial charge is 0.318 e. The SMILES string of the molecule is CNC(C)c1nnc(N2CC(O)CC2CN(C)C)o1. The summed E-state index contributed by atoms with van der Waals surface area (Å²) in [4.78, 5) is 4.10. The summed E-state index contributed by atoms with van der Waals surface area (Å²) in [7, 11) is 5.89. The summed E-state index contributed by atoms with van der Waals surface area (Å²) in [6.45, 7) is 3.37. The first kappa shape index (κ1) is 14.2. The molecule has 0 aromatic carbocycles. The summed E-state index contributed by atoms with van der Waals surface area (Å²) in [6.07, 6.45) is 0.402. The van der Waals surface area contributed by atoms with Crippen molar-refractivity contribution in [2.75, 3.05) is 39.1 Å². The van der Waals surface area contributed by atoms with Crippen LogP contribution in [0.25, 0.3) is 0 Å². The Balaban J connectivity index is 2.12. The highest BCUT2D eigenvalue weighted by molar-refractivity contribution is 5.30. The van der Waals surface area contributed by atoms with Gasteiger partial charge < -0.3 is 24.6 Å². The average Bonchev–Trinajstić information content (AvgIpc) is 2.94. The zero-order chi connectivity index (χ0) is 14.0. The Hall–Kier alpha value is -1.18. The van der Waals surface area contributed by atoms with E-state index in [4.69, 9.17) is 4.42 Å². The third kappa shape index (κ3) is 3.23. The molecule has 1 aliphatic heterocycles. The van der Waals surface area contributed by atoms with Crippen LogP contribution in [0.1, 0.15) is 25.3 Å². The summed E-state index contributed by atoms with van der Waals surface area (Å²) in [6, 6.07) is 0.741. The molecule has 1 fully saturated rings. The van der Waals surface area contributed by atoms with Crippen molar-refractivity contribution in [2.24, 2.45) is 0 Å². The zero-order valence-electron chi connectivity index (χ0n) is 12.0. The topological polar surface area (TPSA) is 77.7 Å². The first-order valence-corrected chi connectivity index (χ1v) is 6.61. The van der Waals surface area contributed by atoms with Crippen LogP contribution in [0.4, 0.5) is 6.01 Å². The summed E-state index contributed by atoms with van der Waals surface area (Å²) >= 11 is 0. The molecule has 108 valence electrons. The monoisotopic (exact) mass is 269 g/mol. The standard InChI is InChI=1S/C12H23N5O2/c1-8(13-2)11-14-15-12(19-11)17-7-10(18)5-9(17)6-16(3)4/h8-10,13,18H,5-7H2,1-4H3. The fourth-order valence-electron chi connectivity index (χ4n) is 2.36. The maximum Gasteiger partial charge on any atom is 0.318 e. The first-order valence-electron chi connectivity index (χ1n) is 6.61. The summed E-state index contributed by atoms with van der Waals surface area (Å²) in [5.41, 5.74) is 0. The highest BCUT2D eigenvalue weighted by atomic mass is 16.4. The van der Waals surface area contributed by atoms with Gasteiger partial charge in [0.05, 0.1) is 12.1 Å². The van der Waals surface area contributed by atoms with Crippen molar-refractivity contribution in [2.45, 2.75) is 31.5 Å². The van der Waals surface area contributed by atoms with Gasteiger partial charge in [-0.1, -0.05) is 5.10 Å². The molecule has 2 heterocycles. The number of nitrogens with zero attached hydrogens (tertiary/aromatic N) is 4. The summed E-state index contributed by atoms with van der Waals surface area (Å²) in [5.74, 6) is 0.572. The van der Waals surface area contributed by atoms with E-state index in [1.54, 1.807) is 0 Å². The van der Waals surface area contributed by atoms with Crippen molar-refractivity contribution in [3.8, 4) is 0 Å². The van der Waals surface area contributed by atoms with Crippen LogP contribution in [-0.2, 0) is 0 Å². The molecular formula is C12H23N5O2. The highest BCUT2D eigenvalue weighted by Gasteiger charge is 2.34. The van der Waals surface area contributed by atoms with Crippen LogP contribution in [0.5, 0.6) is 0 Å². The molecule has 3 unspecified atom stereocenters. The molecule has 0 radical (unpaired) electrons. The van der Waals surface area contributed by atoms with Crippen LogP contribution in [-0.4, -0.2) is 66.6 Å². The van der Waals surface area contributed by atoms with E-state index in [0.717, 1.165) is 13.0 Å². The van der Waals surface area contributed by atoms with Crippen molar-refractivity contribution in [3.05, 3.63) is 5.89 Å². The van der Waals surface area contributed by atoms with Crippen molar-refractivity contribution >= 4 is 6.01 Å². The van der Waals surface area contributed by atoms with Crippen molar-refractivity contribution < 1.29 is 9.52 Å². The number of nitrogens with one attached hydrogen (secondary N) is 1. The highest BCUT2D eigenvalue weighted by Crippen LogP contribution is 2.26. The maximum atomic E-state index is 9.84. The minimum atomic E-state index is -0.331. The average molecular weight is 269 g/mol. The van der Waals surface area contributed by atoms with E-state index in [-0.39, 0.29) is 18.2 Å². The number of aromatic nitrogens is 2. The molecule has 0 saturated carbocycles. The Labute approximate surface area is 113 Å². The van der Waals surface area contributed by atoms with Crippen molar-refractivity contribution in [3.63, 3.8) is 0 Å². The molecule has 0 amide bonds. The quantitative estimate of drug-likeness (QED) is 0.769. The van der Waals surface area contributed by atoms with E-state index in [1.807, 2.05) is 33.0 Å². The largest absolute Gasteiger partial charge is 0.406 e. The molecule has 1 aliphatic rings. The van der Waals surface area contributed by atoms with Crippen LogP contribution in [0, 0.1) is 0 Å². The number of hydrogen-bond donors (Lipinski definition) is 2. The second-order valence-corrected chi connectivity index (χ2v) is 5.39. The first-order chi connectivity index (χ1) is 9.01. The lowest BCUT2D eigenvalue weighted by atomic mass is 10.2. The molecular weight excluding hydrogens is 246 g/mol. The second-order valence-electron chi connectivity index (χ2n) is 5.39. The number of rotatable bonds is 5. The maximum absolute atomic E-state index is 9.84. The fourth-order valence-corrected chi connectivity index (χ4v) is 2.36. The third-order valence-electron chi connectivity index (χ3n) is 3.45. The summed E-state index contributed by atoms with van der Waals surface area (Å²) < 4.78 is 5.69. The van der Waals surface area contributed by atoms with Gasteiger partial charge in [0.15, 0.2) is 0 Å². The molecule has 0 spiro atoms. The van der Waals surface area contributed by atoms with Crippen LogP contribution in [0.2, 0.25) is 0 Å². The lowest BCUT2D eigenvalue weighted by Crippen LogP contribution is -2.37. The van der Waals surface area contributed by atoms with Gasteiger partial charge in [0.25, 0.3) is 0 Å². The minimum absolute atomic E-state index is 0.0288. The molecule has 2 rings (SSSR count). The Morgan fingerprint density at radius 1 is 1.53 bits per heavy atom. The molecule has 1 aromatic heterocycles. The van der Waals surface area contributed by atoms with Crippen LogP contribution in [0.15, 0.2) is 4.42 Å². The van der Waals surface area contributed by atoms with E-state index >= 15 is 0 Å².